The molecule has 0 spiro atoms. The first-order chi connectivity index (χ1) is 13.5. The van der Waals surface area contributed by atoms with Crippen molar-refractivity contribution in [3.63, 3.8) is 0 Å². The monoisotopic (exact) mass is 410 g/mol. The molecule has 0 radical (unpaired) electrons. The predicted molar refractivity (Wildman–Crippen MR) is 84.6 cm³/mol. The van der Waals surface area contributed by atoms with Crippen LogP contribution in [0.15, 0.2) is 0 Å². The summed E-state index contributed by atoms with van der Waals surface area (Å²) in [5.41, 5.74) is 0. The topological polar surface area (TPSA) is 151 Å². The Bertz CT molecular complexity index is 506. The number of methoxy groups -OCH3 is 1. The summed E-state index contributed by atoms with van der Waals surface area (Å²) in [4.78, 5) is 43.8. The molecule has 0 N–H and O–H groups in total. The number of rotatable bonds is 12. The second-order valence-corrected chi connectivity index (χ2v) is 4.90. The van der Waals surface area contributed by atoms with Gasteiger partial charge in [0, 0.05) is 6.42 Å². The van der Waals surface area contributed by atoms with E-state index in [1.165, 1.54) is 7.11 Å². The summed E-state index contributed by atoms with van der Waals surface area (Å²) in [6.07, 6.45) is -3.67. The van der Waals surface area contributed by atoms with Crippen LogP contribution in [0.2, 0.25) is 0 Å². The van der Waals surface area contributed by atoms with Crippen molar-refractivity contribution in [3.05, 3.63) is 0 Å². The molecule has 1 aliphatic heterocycles. The molecule has 13 nitrogen and oxygen atoms in total. The van der Waals surface area contributed by atoms with Gasteiger partial charge in [-0.15, -0.1) is 0 Å². The van der Waals surface area contributed by atoms with Gasteiger partial charge in [-0.3, -0.25) is 0 Å². The Morgan fingerprint density at radius 2 is 1.32 bits per heavy atom. The van der Waals surface area contributed by atoms with Gasteiger partial charge < -0.3 is 42.6 Å². The first-order valence-corrected chi connectivity index (χ1v) is 8.22. The number of cyclic esters (lactones) is 2. The van der Waals surface area contributed by atoms with Crippen molar-refractivity contribution in [2.24, 2.45) is 0 Å². The zero-order valence-electron chi connectivity index (χ0n) is 15.2. The largest absolute Gasteiger partial charge is 0.508 e. The van der Waals surface area contributed by atoms with Crippen LogP contribution in [0.1, 0.15) is 6.42 Å². The Hall–Kier alpha value is -2.96. The minimum atomic E-state index is -0.963. The fourth-order valence-electron chi connectivity index (χ4n) is 1.64. The standard InChI is InChI=1S/C15H22O13/c1-20-12(16)23-6-4-21-5-7-24-14(18)26-9-8-25-13(17)22-3-2-11-10-27-15(19)28-11/h11H,2-10H2,1H3. The van der Waals surface area contributed by atoms with Crippen molar-refractivity contribution in [3.8, 4) is 0 Å². The Kier molecular flexibility index (Phi) is 11.7. The van der Waals surface area contributed by atoms with Crippen LogP contribution in [0.3, 0.4) is 0 Å². The Balaban J connectivity index is 1.87. The van der Waals surface area contributed by atoms with Gasteiger partial charge in [-0.25, -0.2) is 19.2 Å². The van der Waals surface area contributed by atoms with E-state index < -0.39 is 30.7 Å². The SMILES string of the molecule is COC(=O)OCCOCCOC(=O)OCCOC(=O)OCCC1COC(=O)O1. The maximum atomic E-state index is 11.3. The van der Waals surface area contributed by atoms with E-state index in [2.05, 4.69) is 28.4 Å². The van der Waals surface area contributed by atoms with E-state index in [0.717, 1.165) is 0 Å². The lowest BCUT2D eigenvalue weighted by atomic mass is 10.3. The summed E-state index contributed by atoms with van der Waals surface area (Å²) in [6.45, 7) is -0.247. The Morgan fingerprint density at radius 1 is 0.821 bits per heavy atom. The molecule has 1 aliphatic rings. The highest BCUT2D eigenvalue weighted by Gasteiger charge is 2.24. The molecule has 1 rings (SSSR count). The van der Waals surface area contributed by atoms with Gasteiger partial charge in [0.15, 0.2) is 0 Å². The van der Waals surface area contributed by atoms with E-state index in [-0.39, 0.29) is 59.3 Å². The lowest BCUT2D eigenvalue weighted by Gasteiger charge is -2.09. The van der Waals surface area contributed by atoms with Gasteiger partial charge in [0.2, 0.25) is 0 Å². The highest BCUT2D eigenvalue weighted by atomic mass is 16.8. The molecule has 0 amide bonds. The van der Waals surface area contributed by atoms with Crippen LogP contribution in [-0.4, -0.2) is 90.7 Å². The minimum Gasteiger partial charge on any atom is -0.438 e. The number of carbonyl (C=O) groups is 4. The Labute approximate surface area is 160 Å². The summed E-state index contributed by atoms with van der Waals surface area (Å²) in [5, 5.41) is 0. The number of hydrogen-bond acceptors (Lipinski definition) is 13. The smallest absolute Gasteiger partial charge is 0.438 e. The summed E-state index contributed by atoms with van der Waals surface area (Å²) in [6, 6.07) is 0. The first kappa shape index (κ1) is 23.1. The van der Waals surface area contributed by atoms with Crippen molar-refractivity contribution in [1.82, 2.24) is 0 Å². The van der Waals surface area contributed by atoms with Gasteiger partial charge in [0.25, 0.3) is 0 Å². The predicted octanol–water partition coefficient (Wildman–Crippen LogP) is 1.02. The summed E-state index contributed by atoms with van der Waals surface area (Å²) in [7, 11) is 1.18. The normalized spacial score (nSPS) is 15.0. The summed E-state index contributed by atoms with van der Waals surface area (Å²) in [5.74, 6) is 0. The van der Waals surface area contributed by atoms with Crippen molar-refractivity contribution < 1.29 is 61.8 Å². The van der Waals surface area contributed by atoms with Gasteiger partial charge in [-0.1, -0.05) is 0 Å². The molecular weight excluding hydrogens is 388 g/mol. The third kappa shape index (κ3) is 11.6. The Morgan fingerprint density at radius 3 is 1.82 bits per heavy atom. The average Bonchev–Trinajstić information content (AvgIpc) is 3.09. The van der Waals surface area contributed by atoms with Crippen LogP contribution >= 0.6 is 0 Å². The molecule has 0 bridgehead atoms. The average molecular weight is 410 g/mol. The lowest BCUT2D eigenvalue weighted by molar-refractivity contribution is -0.00127. The molecule has 13 heteroatoms. The van der Waals surface area contributed by atoms with Gasteiger partial charge in [0.1, 0.15) is 39.1 Å². The molecule has 28 heavy (non-hydrogen) atoms. The highest BCUT2D eigenvalue weighted by Crippen LogP contribution is 2.09. The quantitative estimate of drug-likeness (QED) is 0.256. The molecular formula is C15H22O13. The van der Waals surface area contributed by atoms with E-state index >= 15 is 0 Å². The third-order valence-corrected chi connectivity index (χ3v) is 2.89. The fraction of sp³-hybridized carbons (Fsp3) is 0.733. The van der Waals surface area contributed by atoms with E-state index in [0.29, 0.717) is 0 Å². The van der Waals surface area contributed by atoms with Gasteiger partial charge >= 0.3 is 24.6 Å². The second-order valence-electron chi connectivity index (χ2n) is 4.90. The molecule has 160 valence electrons. The van der Waals surface area contributed by atoms with Crippen LogP contribution in [0.5, 0.6) is 0 Å². The first-order valence-electron chi connectivity index (χ1n) is 8.22. The molecule has 1 fully saturated rings. The van der Waals surface area contributed by atoms with Crippen molar-refractivity contribution in [1.29, 1.82) is 0 Å². The maximum absolute atomic E-state index is 11.3. The van der Waals surface area contributed by atoms with Crippen LogP contribution in [0.4, 0.5) is 19.2 Å². The molecule has 0 saturated carbocycles. The summed E-state index contributed by atoms with van der Waals surface area (Å²) >= 11 is 0. The van der Waals surface area contributed by atoms with Crippen LogP contribution in [0.25, 0.3) is 0 Å². The fourth-order valence-corrected chi connectivity index (χ4v) is 1.64. The van der Waals surface area contributed by atoms with Crippen molar-refractivity contribution in [2.45, 2.75) is 12.5 Å². The van der Waals surface area contributed by atoms with Crippen LogP contribution in [-0.2, 0) is 42.6 Å². The van der Waals surface area contributed by atoms with E-state index in [1.54, 1.807) is 0 Å². The second kappa shape index (κ2) is 14.1. The molecule has 0 aromatic carbocycles. The minimum absolute atomic E-state index is 0.00411. The number of hydrogen-bond donors (Lipinski definition) is 0. The zero-order valence-corrected chi connectivity index (χ0v) is 15.2. The van der Waals surface area contributed by atoms with Crippen molar-refractivity contribution >= 4 is 24.6 Å². The van der Waals surface area contributed by atoms with Crippen LogP contribution < -0.4 is 0 Å². The van der Waals surface area contributed by atoms with E-state index in [1.807, 2.05) is 0 Å². The molecule has 1 unspecified atom stereocenters. The van der Waals surface area contributed by atoms with E-state index in [4.69, 9.17) is 14.2 Å². The molecule has 1 heterocycles. The van der Waals surface area contributed by atoms with Crippen molar-refractivity contribution in [2.75, 3.05) is 60.0 Å². The molecule has 0 aromatic heterocycles. The number of ether oxygens (including phenoxy) is 9. The van der Waals surface area contributed by atoms with Gasteiger partial charge in [-0.05, 0) is 0 Å². The highest BCUT2D eigenvalue weighted by molar-refractivity contribution is 5.62. The third-order valence-electron chi connectivity index (χ3n) is 2.89. The van der Waals surface area contributed by atoms with Crippen LogP contribution in [0, 0.1) is 0 Å². The molecule has 1 atom stereocenters. The van der Waals surface area contributed by atoms with Gasteiger partial charge in [0.05, 0.1) is 26.9 Å². The summed E-state index contributed by atoms with van der Waals surface area (Å²) < 4.78 is 41.9. The molecule has 0 aromatic rings. The number of carbonyl (C=O) groups excluding carboxylic acids is 4. The zero-order chi connectivity index (χ0) is 20.6. The van der Waals surface area contributed by atoms with Gasteiger partial charge in [-0.2, -0.15) is 0 Å². The van der Waals surface area contributed by atoms with E-state index in [9.17, 15) is 19.2 Å². The molecule has 0 aliphatic carbocycles. The maximum Gasteiger partial charge on any atom is 0.508 e. The molecule has 1 saturated heterocycles. The lowest BCUT2D eigenvalue weighted by Crippen LogP contribution is -2.19.